The first kappa shape index (κ1) is 8.99. The van der Waals surface area contributed by atoms with Gasteiger partial charge in [-0.2, -0.15) is 0 Å². The standard InChI is InChI=1S/C7H11NO4/c1-4(5(9)10)12-6(11)7(8)2-3-7/h4H,2-3,8H2,1H3,(H,9,10). The Balaban J connectivity index is 2.41. The summed E-state index contributed by atoms with van der Waals surface area (Å²) in [7, 11) is 0. The van der Waals surface area contributed by atoms with Crippen molar-refractivity contribution in [3.05, 3.63) is 0 Å². The van der Waals surface area contributed by atoms with E-state index < -0.39 is 23.6 Å². The first-order valence-corrected chi connectivity index (χ1v) is 3.68. The van der Waals surface area contributed by atoms with Crippen LogP contribution in [0, 0.1) is 0 Å². The number of hydrogen-bond donors (Lipinski definition) is 2. The summed E-state index contributed by atoms with van der Waals surface area (Å²) in [5.74, 6) is -1.77. The smallest absolute Gasteiger partial charge is 0.344 e. The van der Waals surface area contributed by atoms with E-state index in [9.17, 15) is 9.59 Å². The molecule has 3 N–H and O–H groups in total. The first-order valence-electron chi connectivity index (χ1n) is 3.68. The number of carbonyl (C=O) groups is 2. The molecule has 0 aromatic carbocycles. The largest absolute Gasteiger partial charge is 0.479 e. The molecule has 0 spiro atoms. The predicted octanol–water partition coefficient (Wildman–Crippen LogP) is -0.506. The minimum absolute atomic E-state index is 0.582. The number of hydrogen-bond acceptors (Lipinski definition) is 4. The van der Waals surface area contributed by atoms with Crippen molar-refractivity contribution >= 4 is 11.9 Å². The molecule has 0 heterocycles. The molecule has 0 aromatic rings. The van der Waals surface area contributed by atoms with Gasteiger partial charge in [0.05, 0.1) is 0 Å². The van der Waals surface area contributed by atoms with Crippen LogP contribution in [0.4, 0.5) is 0 Å². The van der Waals surface area contributed by atoms with Gasteiger partial charge >= 0.3 is 11.9 Å². The summed E-state index contributed by atoms with van der Waals surface area (Å²) in [5, 5.41) is 8.40. The zero-order chi connectivity index (χ0) is 9.35. The second-order valence-corrected chi connectivity index (χ2v) is 3.04. The Labute approximate surface area is 69.5 Å². The second kappa shape index (κ2) is 2.75. The van der Waals surface area contributed by atoms with Crippen molar-refractivity contribution in [1.29, 1.82) is 0 Å². The third kappa shape index (κ3) is 1.73. The molecule has 0 aromatic heterocycles. The molecule has 1 saturated carbocycles. The van der Waals surface area contributed by atoms with Crippen molar-refractivity contribution in [2.24, 2.45) is 5.73 Å². The van der Waals surface area contributed by atoms with Crippen LogP contribution in [0.1, 0.15) is 19.8 Å². The average molecular weight is 173 g/mol. The van der Waals surface area contributed by atoms with Crippen molar-refractivity contribution in [1.82, 2.24) is 0 Å². The van der Waals surface area contributed by atoms with E-state index in [0.717, 1.165) is 0 Å². The molecule has 0 amide bonds. The molecule has 0 radical (unpaired) electrons. The van der Waals surface area contributed by atoms with Gasteiger partial charge in [-0.05, 0) is 19.8 Å². The van der Waals surface area contributed by atoms with Crippen LogP contribution in [0.2, 0.25) is 0 Å². The zero-order valence-corrected chi connectivity index (χ0v) is 6.74. The van der Waals surface area contributed by atoms with Crippen LogP contribution >= 0.6 is 0 Å². The van der Waals surface area contributed by atoms with E-state index in [1.165, 1.54) is 6.92 Å². The van der Waals surface area contributed by atoms with Gasteiger partial charge in [0, 0.05) is 0 Å². The summed E-state index contributed by atoms with van der Waals surface area (Å²) in [5.41, 5.74) is 4.57. The van der Waals surface area contributed by atoms with Crippen LogP contribution in [0.5, 0.6) is 0 Å². The maximum Gasteiger partial charge on any atom is 0.344 e. The van der Waals surface area contributed by atoms with Gasteiger partial charge in [0.25, 0.3) is 0 Å². The fourth-order valence-corrected chi connectivity index (χ4v) is 0.667. The normalized spacial score (nSPS) is 21.2. The first-order chi connectivity index (χ1) is 5.46. The third-order valence-corrected chi connectivity index (χ3v) is 1.83. The van der Waals surface area contributed by atoms with Gasteiger partial charge in [0.15, 0.2) is 6.10 Å². The predicted molar refractivity (Wildman–Crippen MR) is 39.3 cm³/mol. The van der Waals surface area contributed by atoms with Gasteiger partial charge < -0.3 is 15.6 Å². The molecule has 5 heteroatoms. The summed E-state index contributed by atoms with van der Waals surface area (Å²) in [4.78, 5) is 21.3. The maximum absolute atomic E-state index is 11.0. The Morgan fingerprint density at radius 2 is 2.08 bits per heavy atom. The Morgan fingerprint density at radius 3 is 2.42 bits per heavy atom. The van der Waals surface area contributed by atoms with Crippen molar-refractivity contribution in [3.63, 3.8) is 0 Å². The topological polar surface area (TPSA) is 89.6 Å². The SMILES string of the molecule is CC(OC(=O)C1(N)CC1)C(=O)O. The molecule has 68 valence electrons. The van der Waals surface area contributed by atoms with Crippen LogP contribution in [0.15, 0.2) is 0 Å². The van der Waals surface area contributed by atoms with E-state index in [2.05, 4.69) is 4.74 Å². The van der Waals surface area contributed by atoms with Crippen LogP contribution in [-0.4, -0.2) is 28.7 Å². The number of carboxylic acids is 1. The van der Waals surface area contributed by atoms with E-state index in [-0.39, 0.29) is 0 Å². The summed E-state index contributed by atoms with van der Waals surface area (Å²) >= 11 is 0. The monoisotopic (exact) mass is 173 g/mol. The summed E-state index contributed by atoms with van der Waals surface area (Å²) < 4.78 is 4.58. The van der Waals surface area contributed by atoms with Gasteiger partial charge in [0.1, 0.15) is 5.54 Å². The Morgan fingerprint density at radius 1 is 1.58 bits per heavy atom. The number of carboxylic acid groups (broad SMARTS) is 1. The zero-order valence-electron chi connectivity index (χ0n) is 6.74. The number of nitrogens with two attached hydrogens (primary N) is 1. The van der Waals surface area contributed by atoms with E-state index in [1.54, 1.807) is 0 Å². The quantitative estimate of drug-likeness (QED) is 0.561. The number of esters is 1. The van der Waals surface area contributed by atoms with Crippen molar-refractivity contribution in [2.75, 3.05) is 0 Å². The number of ether oxygens (including phenoxy) is 1. The summed E-state index contributed by atoms with van der Waals surface area (Å²) in [6.07, 6.45) is 0.0506. The molecule has 5 nitrogen and oxygen atoms in total. The maximum atomic E-state index is 11.0. The van der Waals surface area contributed by atoms with E-state index >= 15 is 0 Å². The lowest BCUT2D eigenvalue weighted by Gasteiger charge is -2.11. The number of rotatable bonds is 3. The van der Waals surface area contributed by atoms with Gasteiger partial charge in [0.2, 0.25) is 0 Å². The highest BCUT2D eigenvalue weighted by molar-refractivity contribution is 5.86. The van der Waals surface area contributed by atoms with Gasteiger partial charge in [-0.3, -0.25) is 4.79 Å². The van der Waals surface area contributed by atoms with Crippen LogP contribution < -0.4 is 5.73 Å². The number of aliphatic carboxylic acids is 1. The minimum Gasteiger partial charge on any atom is -0.479 e. The molecule has 12 heavy (non-hydrogen) atoms. The molecule has 1 aliphatic rings. The highest BCUT2D eigenvalue weighted by atomic mass is 16.6. The fourth-order valence-electron chi connectivity index (χ4n) is 0.667. The Kier molecular flexibility index (Phi) is 2.06. The van der Waals surface area contributed by atoms with E-state index in [4.69, 9.17) is 10.8 Å². The molecule has 0 saturated heterocycles. The fraction of sp³-hybridized carbons (Fsp3) is 0.714. The summed E-state index contributed by atoms with van der Waals surface area (Å²) in [6.45, 7) is 1.30. The number of carbonyl (C=O) groups excluding carboxylic acids is 1. The lowest BCUT2D eigenvalue weighted by molar-refractivity contribution is -0.164. The Bertz CT molecular complexity index is 221. The summed E-state index contributed by atoms with van der Waals surface area (Å²) in [6, 6.07) is 0. The van der Waals surface area contributed by atoms with Crippen LogP contribution in [0.3, 0.4) is 0 Å². The Hall–Kier alpha value is -1.10. The molecule has 0 bridgehead atoms. The molecule has 1 aliphatic carbocycles. The molecule has 1 rings (SSSR count). The van der Waals surface area contributed by atoms with Gasteiger partial charge in [-0.15, -0.1) is 0 Å². The van der Waals surface area contributed by atoms with E-state index in [1.807, 2.05) is 0 Å². The van der Waals surface area contributed by atoms with Gasteiger partial charge in [-0.25, -0.2) is 4.79 Å². The van der Waals surface area contributed by atoms with Crippen molar-refractivity contribution in [3.8, 4) is 0 Å². The molecule has 1 unspecified atom stereocenters. The second-order valence-electron chi connectivity index (χ2n) is 3.04. The molecule has 1 fully saturated rings. The highest BCUT2D eigenvalue weighted by Gasteiger charge is 2.48. The van der Waals surface area contributed by atoms with E-state index in [0.29, 0.717) is 12.8 Å². The third-order valence-electron chi connectivity index (χ3n) is 1.83. The lowest BCUT2D eigenvalue weighted by atomic mass is 10.3. The highest BCUT2D eigenvalue weighted by Crippen LogP contribution is 2.33. The van der Waals surface area contributed by atoms with Crippen molar-refractivity contribution in [2.45, 2.75) is 31.4 Å². The van der Waals surface area contributed by atoms with Crippen LogP contribution in [-0.2, 0) is 14.3 Å². The minimum atomic E-state index is -1.16. The van der Waals surface area contributed by atoms with Gasteiger partial charge in [-0.1, -0.05) is 0 Å². The lowest BCUT2D eigenvalue weighted by Crippen LogP contribution is -2.38. The molecular weight excluding hydrogens is 162 g/mol. The average Bonchev–Trinajstić information content (AvgIpc) is 2.69. The van der Waals surface area contributed by atoms with Crippen molar-refractivity contribution < 1.29 is 19.4 Å². The molecule has 0 aliphatic heterocycles. The van der Waals surface area contributed by atoms with Crippen LogP contribution in [0.25, 0.3) is 0 Å². The molecular formula is C7H11NO4. The molecule has 1 atom stereocenters.